The Bertz CT molecular complexity index is 466. The summed E-state index contributed by atoms with van der Waals surface area (Å²) in [6, 6.07) is 0. The van der Waals surface area contributed by atoms with Crippen LogP contribution in [-0.2, 0) is 14.1 Å². The molecule has 0 aliphatic rings. The number of hydrogen-bond donors (Lipinski definition) is 1. The lowest BCUT2D eigenvalue weighted by molar-refractivity contribution is -0.717. The highest BCUT2D eigenvalue weighted by molar-refractivity contribution is 5.82. The van der Waals surface area contributed by atoms with Crippen LogP contribution in [0.1, 0.15) is 10.6 Å². The number of imidazole rings is 1. The molecule has 0 aromatic carbocycles. The Hall–Kier alpha value is -2.52. The van der Waals surface area contributed by atoms with E-state index < -0.39 is 33.3 Å². The van der Waals surface area contributed by atoms with Gasteiger partial charge in [0.1, 0.15) is 12.0 Å². The number of nitro groups is 2. The van der Waals surface area contributed by atoms with Gasteiger partial charge in [-0.05, 0) is 4.92 Å². The second kappa shape index (κ2) is 3.56. The molecule has 1 aromatic rings. The lowest BCUT2D eigenvalue weighted by Gasteiger charge is -1.89. The van der Waals surface area contributed by atoms with Crippen LogP contribution < -0.4 is 4.57 Å². The maximum absolute atomic E-state index is 10.8. The van der Waals surface area contributed by atoms with E-state index in [1.54, 1.807) is 0 Å². The first-order valence-electron chi connectivity index (χ1n) is 3.89. The summed E-state index contributed by atoms with van der Waals surface area (Å²) in [4.78, 5) is 30.0. The van der Waals surface area contributed by atoms with E-state index in [2.05, 4.69) is 0 Å². The van der Waals surface area contributed by atoms with Gasteiger partial charge in [-0.2, -0.15) is 4.57 Å². The van der Waals surface area contributed by atoms with E-state index in [1.807, 2.05) is 0 Å². The summed E-state index contributed by atoms with van der Waals surface area (Å²) in [6.07, 6.45) is 0. The highest BCUT2D eigenvalue weighted by Crippen LogP contribution is 2.23. The van der Waals surface area contributed by atoms with Crippen molar-refractivity contribution in [1.29, 1.82) is 0 Å². The predicted molar refractivity (Wildman–Crippen MR) is 46.9 cm³/mol. The summed E-state index contributed by atoms with van der Waals surface area (Å²) < 4.78 is 1.31. The Labute approximate surface area is 87.6 Å². The smallest absolute Gasteiger partial charge is 0.470 e. The lowest BCUT2D eigenvalue weighted by atomic mass is 10.6. The first-order chi connectivity index (χ1) is 7.29. The standard InChI is InChI=1S/C6H6N4O6/c1-7-3(9(13)14)4(10(15)16)8(2)5(7)6(11)12/h1-2H3/p+1. The van der Waals surface area contributed by atoms with Crippen LogP contribution in [0.4, 0.5) is 11.6 Å². The Morgan fingerprint density at radius 3 is 2.12 bits per heavy atom. The van der Waals surface area contributed by atoms with Gasteiger partial charge in [-0.25, -0.2) is 4.79 Å². The Kier molecular flexibility index (Phi) is 2.57. The minimum absolute atomic E-state index is 0.543. The van der Waals surface area contributed by atoms with Crippen molar-refractivity contribution in [2.24, 2.45) is 14.1 Å². The molecular weight excluding hydrogens is 224 g/mol. The van der Waals surface area contributed by atoms with Gasteiger partial charge in [0, 0.05) is 0 Å². The van der Waals surface area contributed by atoms with Crippen LogP contribution in [0.15, 0.2) is 0 Å². The molecule has 0 amide bonds. The summed E-state index contributed by atoms with van der Waals surface area (Å²) in [5.74, 6) is -3.77. The van der Waals surface area contributed by atoms with Gasteiger partial charge in [0.15, 0.2) is 0 Å². The molecule has 1 N–H and O–H groups in total. The van der Waals surface area contributed by atoms with Crippen LogP contribution in [0.2, 0.25) is 0 Å². The number of nitrogens with zero attached hydrogens (tertiary/aromatic N) is 4. The zero-order chi connectivity index (χ0) is 12.6. The molecule has 0 aliphatic heterocycles. The molecular formula is C6H7N4O6+. The summed E-state index contributed by atoms with van der Waals surface area (Å²) in [7, 11) is 2.16. The topological polar surface area (TPSA) is 132 Å². The number of rotatable bonds is 3. The van der Waals surface area contributed by atoms with Crippen molar-refractivity contribution in [2.45, 2.75) is 0 Å². The quantitative estimate of drug-likeness (QED) is 0.418. The number of carboxylic acid groups (broad SMARTS) is 1. The first-order valence-corrected chi connectivity index (χ1v) is 3.89. The van der Waals surface area contributed by atoms with Crippen molar-refractivity contribution < 1.29 is 24.3 Å². The molecule has 0 saturated heterocycles. The molecule has 10 nitrogen and oxygen atoms in total. The van der Waals surface area contributed by atoms with Crippen molar-refractivity contribution in [3.05, 3.63) is 26.1 Å². The fraction of sp³-hybridized carbons (Fsp3) is 0.333. The molecule has 0 fully saturated rings. The number of carbonyl (C=O) groups is 1. The molecule has 0 aliphatic carbocycles. The van der Waals surface area contributed by atoms with E-state index >= 15 is 0 Å². The maximum Gasteiger partial charge on any atom is 0.600 e. The van der Waals surface area contributed by atoms with Crippen molar-refractivity contribution in [3.8, 4) is 0 Å². The SMILES string of the molecule is Cn1c([N+](=O)[O-])c([N+](=O)[O-])[n+](C)c1C(=O)O. The molecule has 0 spiro atoms. The van der Waals surface area contributed by atoms with E-state index in [0.29, 0.717) is 9.13 Å². The normalized spacial score (nSPS) is 10.1. The van der Waals surface area contributed by atoms with Gasteiger partial charge in [-0.1, -0.05) is 4.57 Å². The zero-order valence-electron chi connectivity index (χ0n) is 8.28. The summed E-state index contributed by atoms with van der Waals surface area (Å²) >= 11 is 0. The molecule has 0 saturated carbocycles. The summed E-state index contributed by atoms with van der Waals surface area (Å²) in [5.41, 5.74) is 0. The van der Waals surface area contributed by atoms with Crippen LogP contribution in [0.3, 0.4) is 0 Å². The fourth-order valence-corrected chi connectivity index (χ4v) is 1.42. The summed E-state index contributed by atoms with van der Waals surface area (Å²) in [5, 5.41) is 30.0. The van der Waals surface area contributed by atoms with Gasteiger partial charge in [0.25, 0.3) is 0 Å². The third-order valence-corrected chi connectivity index (χ3v) is 2.01. The molecule has 16 heavy (non-hydrogen) atoms. The largest absolute Gasteiger partial charge is 0.600 e. The van der Waals surface area contributed by atoms with Gasteiger partial charge < -0.3 is 15.2 Å². The minimum Gasteiger partial charge on any atom is -0.470 e. The minimum atomic E-state index is -1.48. The number of hydrogen-bond acceptors (Lipinski definition) is 5. The van der Waals surface area contributed by atoms with Crippen molar-refractivity contribution >= 4 is 17.6 Å². The number of aromatic nitrogens is 2. The molecule has 1 aromatic heterocycles. The van der Waals surface area contributed by atoms with Crippen LogP contribution in [0, 0.1) is 20.2 Å². The maximum atomic E-state index is 10.8. The van der Waals surface area contributed by atoms with Crippen molar-refractivity contribution in [2.75, 3.05) is 0 Å². The average molecular weight is 231 g/mol. The van der Waals surface area contributed by atoms with E-state index in [9.17, 15) is 25.0 Å². The fourth-order valence-electron chi connectivity index (χ4n) is 1.42. The average Bonchev–Trinajstić information content (AvgIpc) is 2.36. The molecule has 1 rings (SSSR count). The highest BCUT2D eigenvalue weighted by Gasteiger charge is 2.48. The van der Waals surface area contributed by atoms with Gasteiger partial charge in [-0.3, -0.25) is 10.1 Å². The third kappa shape index (κ3) is 1.45. The molecule has 0 atom stereocenters. The monoisotopic (exact) mass is 231 g/mol. The first kappa shape index (κ1) is 11.6. The molecule has 1 heterocycles. The Morgan fingerprint density at radius 1 is 1.38 bits per heavy atom. The summed E-state index contributed by atoms with van der Waals surface area (Å²) in [6.45, 7) is 0. The van der Waals surface area contributed by atoms with Gasteiger partial charge in [-0.15, -0.1) is 0 Å². The van der Waals surface area contributed by atoms with Crippen LogP contribution >= 0.6 is 0 Å². The molecule has 0 unspecified atom stereocenters. The van der Waals surface area contributed by atoms with E-state index in [1.165, 1.54) is 0 Å². The van der Waals surface area contributed by atoms with Gasteiger partial charge >= 0.3 is 23.4 Å². The second-order valence-electron chi connectivity index (χ2n) is 2.91. The van der Waals surface area contributed by atoms with E-state index in [0.717, 1.165) is 14.1 Å². The molecule has 0 bridgehead atoms. The number of carboxylic acids is 1. The van der Waals surface area contributed by atoms with Crippen molar-refractivity contribution in [1.82, 2.24) is 4.57 Å². The zero-order valence-corrected chi connectivity index (χ0v) is 8.28. The van der Waals surface area contributed by atoms with Gasteiger partial charge in [0.05, 0.1) is 7.05 Å². The Balaban J connectivity index is 3.73. The number of aromatic carboxylic acids is 1. The van der Waals surface area contributed by atoms with Crippen molar-refractivity contribution in [3.63, 3.8) is 0 Å². The molecule has 0 radical (unpaired) electrons. The Morgan fingerprint density at radius 2 is 1.88 bits per heavy atom. The lowest BCUT2D eigenvalue weighted by Crippen LogP contribution is -2.37. The third-order valence-electron chi connectivity index (χ3n) is 2.01. The van der Waals surface area contributed by atoms with Crippen LogP contribution in [-0.4, -0.2) is 25.5 Å². The molecule has 10 heteroatoms. The van der Waals surface area contributed by atoms with Crippen LogP contribution in [0.25, 0.3) is 0 Å². The molecule has 86 valence electrons. The van der Waals surface area contributed by atoms with E-state index in [-0.39, 0.29) is 0 Å². The second-order valence-corrected chi connectivity index (χ2v) is 2.91. The van der Waals surface area contributed by atoms with Crippen LogP contribution in [0.5, 0.6) is 0 Å². The highest BCUT2D eigenvalue weighted by atomic mass is 16.6. The van der Waals surface area contributed by atoms with Gasteiger partial charge in [0.2, 0.25) is 0 Å². The van der Waals surface area contributed by atoms with E-state index in [4.69, 9.17) is 5.11 Å². The predicted octanol–water partition coefficient (Wildman–Crippen LogP) is -0.636.